The van der Waals surface area contributed by atoms with Gasteiger partial charge < -0.3 is 10.2 Å². The van der Waals surface area contributed by atoms with Crippen molar-refractivity contribution in [3.8, 4) is 0 Å². The highest BCUT2D eigenvalue weighted by Crippen LogP contribution is 2.24. The lowest BCUT2D eigenvalue weighted by Crippen LogP contribution is -2.49. The minimum atomic E-state index is 0. The van der Waals surface area contributed by atoms with Gasteiger partial charge in [0.25, 0.3) is 0 Å². The van der Waals surface area contributed by atoms with E-state index in [-0.39, 0.29) is 24.2 Å². The molecule has 2 rings (SSSR count). The van der Waals surface area contributed by atoms with Gasteiger partial charge in [-0.15, -0.1) is 23.7 Å². The van der Waals surface area contributed by atoms with Crippen LogP contribution in [0.25, 0.3) is 0 Å². The van der Waals surface area contributed by atoms with Crippen LogP contribution in [0, 0.1) is 11.8 Å². The number of carbonyl (C=O) groups is 1. The summed E-state index contributed by atoms with van der Waals surface area (Å²) in [7, 11) is 1.89. The maximum absolute atomic E-state index is 12.2. The van der Waals surface area contributed by atoms with Crippen molar-refractivity contribution in [1.82, 2.24) is 10.2 Å². The second kappa shape index (κ2) is 6.89. The van der Waals surface area contributed by atoms with Gasteiger partial charge in [0, 0.05) is 17.8 Å². The maximum Gasteiger partial charge on any atom is 0.225 e. The molecule has 102 valence electrons. The second-order valence-electron chi connectivity index (χ2n) is 4.61. The van der Waals surface area contributed by atoms with E-state index < -0.39 is 0 Å². The molecule has 2 heterocycles. The summed E-state index contributed by atoms with van der Waals surface area (Å²) in [5.74, 6) is 0.894. The van der Waals surface area contributed by atoms with E-state index in [4.69, 9.17) is 0 Å². The minimum Gasteiger partial charge on any atom is -0.340 e. The molecular formula is C12H18BrClN2OS. The Morgan fingerprint density at radius 1 is 1.61 bits per heavy atom. The number of rotatable bonds is 4. The molecule has 1 unspecified atom stereocenters. The van der Waals surface area contributed by atoms with Crippen LogP contribution in [-0.2, 0) is 11.3 Å². The molecule has 1 aromatic heterocycles. The van der Waals surface area contributed by atoms with Gasteiger partial charge in [-0.05, 0) is 47.1 Å². The van der Waals surface area contributed by atoms with Gasteiger partial charge >= 0.3 is 0 Å². The molecule has 0 saturated carbocycles. The van der Waals surface area contributed by atoms with Crippen LogP contribution >= 0.6 is 39.7 Å². The zero-order valence-corrected chi connectivity index (χ0v) is 13.7. The van der Waals surface area contributed by atoms with Gasteiger partial charge in [0.05, 0.1) is 10.3 Å². The van der Waals surface area contributed by atoms with Crippen LogP contribution in [0.5, 0.6) is 0 Å². The Morgan fingerprint density at radius 2 is 2.28 bits per heavy atom. The summed E-state index contributed by atoms with van der Waals surface area (Å²) >= 11 is 5.12. The van der Waals surface area contributed by atoms with Gasteiger partial charge in [0.1, 0.15) is 0 Å². The third kappa shape index (κ3) is 3.70. The third-order valence-electron chi connectivity index (χ3n) is 3.31. The standard InChI is InChI=1S/C12H17BrN2OS.ClH/c1-8(9-5-14-6-9)12(16)15(2)7-10-3-4-11(13)17-10;/h3-4,8-9,14H,5-7H2,1-2H3;1H. The largest absolute Gasteiger partial charge is 0.340 e. The van der Waals surface area contributed by atoms with Crippen LogP contribution in [0.15, 0.2) is 15.9 Å². The highest BCUT2D eigenvalue weighted by Gasteiger charge is 2.30. The van der Waals surface area contributed by atoms with Crippen LogP contribution in [0.4, 0.5) is 0 Å². The molecule has 1 N–H and O–H groups in total. The summed E-state index contributed by atoms with van der Waals surface area (Å²) in [6, 6.07) is 4.09. The number of hydrogen-bond donors (Lipinski definition) is 1. The Labute approximate surface area is 126 Å². The summed E-state index contributed by atoms with van der Waals surface area (Å²) < 4.78 is 1.12. The number of amides is 1. The molecule has 1 aliphatic heterocycles. The first-order valence-electron chi connectivity index (χ1n) is 5.78. The normalized spacial score (nSPS) is 16.6. The van der Waals surface area contributed by atoms with Gasteiger partial charge in [-0.1, -0.05) is 6.92 Å². The quantitative estimate of drug-likeness (QED) is 0.902. The van der Waals surface area contributed by atoms with Crippen LogP contribution in [-0.4, -0.2) is 30.9 Å². The van der Waals surface area contributed by atoms with E-state index in [1.165, 1.54) is 4.88 Å². The molecule has 1 amide bonds. The van der Waals surface area contributed by atoms with Crippen LogP contribution in [0.1, 0.15) is 11.8 Å². The summed E-state index contributed by atoms with van der Waals surface area (Å²) in [6.45, 7) is 4.70. The van der Waals surface area contributed by atoms with Crippen molar-refractivity contribution in [3.63, 3.8) is 0 Å². The number of nitrogens with one attached hydrogen (secondary N) is 1. The van der Waals surface area contributed by atoms with Gasteiger partial charge in [-0.3, -0.25) is 4.79 Å². The van der Waals surface area contributed by atoms with Crippen LogP contribution in [0.2, 0.25) is 0 Å². The fourth-order valence-corrected chi connectivity index (χ4v) is 3.50. The van der Waals surface area contributed by atoms with E-state index in [9.17, 15) is 4.79 Å². The SMILES string of the molecule is CC(C(=O)N(C)Cc1ccc(Br)s1)C1CNC1.Cl. The summed E-state index contributed by atoms with van der Waals surface area (Å²) in [5.41, 5.74) is 0. The van der Waals surface area contributed by atoms with E-state index in [2.05, 4.69) is 27.3 Å². The van der Waals surface area contributed by atoms with E-state index in [1.807, 2.05) is 24.9 Å². The van der Waals surface area contributed by atoms with Gasteiger partial charge in [-0.25, -0.2) is 0 Å². The lowest BCUT2D eigenvalue weighted by Gasteiger charge is -2.33. The van der Waals surface area contributed by atoms with Crippen molar-refractivity contribution in [2.75, 3.05) is 20.1 Å². The van der Waals surface area contributed by atoms with Crippen molar-refractivity contribution in [1.29, 1.82) is 0 Å². The fraction of sp³-hybridized carbons (Fsp3) is 0.583. The second-order valence-corrected chi connectivity index (χ2v) is 7.15. The highest BCUT2D eigenvalue weighted by molar-refractivity contribution is 9.11. The Morgan fingerprint density at radius 3 is 2.72 bits per heavy atom. The van der Waals surface area contributed by atoms with Crippen molar-refractivity contribution in [3.05, 3.63) is 20.8 Å². The summed E-state index contributed by atoms with van der Waals surface area (Å²) in [5, 5.41) is 3.21. The zero-order valence-electron chi connectivity index (χ0n) is 10.5. The molecule has 6 heteroatoms. The van der Waals surface area contributed by atoms with Crippen molar-refractivity contribution in [2.45, 2.75) is 13.5 Å². The molecular weight excluding hydrogens is 336 g/mol. The summed E-state index contributed by atoms with van der Waals surface area (Å²) in [4.78, 5) is 15.2. The van der Waals surface area contributed by atoms with E-state index in [1.54, 1.807) is 11.3 Å². The van der Waals surface area contributed by atoms with E-state index >= 15 is 0 Å². The highest BCUT2D eigenvalue weighted by atomic mass is 79.9. The first-order valence-corrected chi connectivity index (χ1v) is 7.39. The molecule has 0 radical (unpaired) electrons. The number of carbonyl (C=O) groups excluding carboxylic acids is 1. The molecule has 1 aliphatic rings. The van der Waals surface area contributed by atoms with Gasteiger partial charge in [0.2, 0.25) is 5.91 Å². The molecule has 0 aliphatic carbocycles. The molecule has 1 atom stereocenters. The van der Waals surface area contributed by atoms with Gasteiger partial charge in [-0.2, -0.15) is 0 Å². The monoisotopic (exact) mass is 352 g/mol. The van der Waals surface area contributed by atoms with E-state index in [0.29, 0.717) is 12.5 Å². The minimum absolute atomic E-state index is 0. The van der Waals surface area contributed by atoms with Crippen molar-refractivity contribution in [2.24, 2.45) is 11.8 Å². The molecule has 0 bridgehead atoms. The maximum atomic E-state index is 12.2. The first kappa shape index (κ1) is 16.0. The van der Waals surface area contributed by atoms with Crippen LogP contribution in [0.3, 0.4) is 0 Å². The van der Waals surface area contributed by atoms with Gasteiger partial charge in [0.15, 0.2) is 0 Å². The molecule has 1 aromatic rings. The lowest BCUT2D eigenvalue weighted by atomic mass is 9.88. The predicted molar refractivity (Wildman–Crippen MR) is 81.3 cm³/mol. The zero-order chi connectivity index (χ0) is 12.4. The Kier molecular flexibility index (Phi) is 6.11. The smallest absolute Gasteiger partial charge is 0.225 e. The number of halogens is 2. The molecule has 1 saturated heterocycles. The third-order valence-corrected chi connectivity index (χ3v) is 4.92. The van der Waals surface area contributed by atoms with E-state index in [0.717, 1.165) is 16.9 Å². The average molecular weight is 354 g/mol. The first-order chi connectivity index (χ1) is 8.08. The topological polar surface area (TPSA) is 32.3 Å². The Balaban J connectivity index is 0.00000162. The lowest BCUT2D eigenvalue weighted by molar-refractivity contribution is -0.136. The Hall–Kier alpha value is -0.100. The average Bonchev–Trinajstić information content (AvgIpc) is 2.60. The number of nitrogens with zero attached hydrogens (tertiary/aromatic N) is 1. The molecule has 3 nitrogen and oxygen atoms in total. The molecule has 18 heavy (non-hydrogen) atoms. The van der Waals surface area contributed by atoms with Crippen molar-refractivity contribution >= 4 is 45.6 Å². The fourth-order valence-electron chi connectivity index (χ4n) is 1.96. The van der Waals surface area contributed by atoms with Crippen molar-refractivity contribution < 1.29 is 4.79 Å². The molecule has 1 fully saturated rings. The predicted octanol–water partition coefficient (Wildman–Crippen LogP) is 2.75. The number of thiophene rings is 1. The number of hydrogen-bond acceptors (Lipinski definition) is 3. The molecule has 0 aromatic carbocycles. The molecule has 0 spiro atoms. The summed E-state index contributed by atoms with van der Waals surface area (Å²) in [6.07, 6.45) is 0. The van der Waals surface area contributed by atoms with Crippen LogP contribution < -0.4 is 5.32 Å². The Bertz CT molecular complexity index is 409.